The summed E-state index contributed by atoms with van der Waals surface area (Å²) in [5.41, 5.74) is 5.41. The van der Waals surface area contributed by atoms with E-state index in [4.69, 9.17) is 10.2 Å². The fourth-order valence-corrected chi connectivity index (χ4v) is 1.01. The third-order valence-electron chi connectivity index (χ3n) is 1.10. The van der Waals surface area contributed by atoms with E-state index < -0.39 is 0 Å². The highest BCUT2D eigenvalue weighted by molar-refractivity contribution is 7.98. The highest BCUT2D eigenvalue weighted by Crippen LogP contribution is 2.24. The van der Waals surface area contributed by atoms with Crippen molar-refractivity contribution in [3.8, 4) is 0 Å². The van der Waals surface area contributed by atoms with E-state index in [1.54, 1.807) is 0 Å². The SMILES string of the molecule is CSc1nc(NC(C)=O)c(N)o1. The van der Waals surface area contributed by atoms with Crippen LogP contribution in [-0.4, -0.2) is 17.1 Å². The summed E-state index contributed by atoms with van der Waals surface area (Å²) in [6, 6.07) is 0. The van der Waals surface area contributed by atoms with Crippen molar-refractivity contribution >= 4 is 29.4 Å². The number of aromatic nitrogens is 1. The molecular formula is C6H9N3O2S. The molecule has 0 saturated heterocycles. The molecule has 1 aromatic heterocycles. The van der Waals surface area contributed by atoms with Gasteiger partial charge in [0.05, 0.1) is 0 Å². The van der Waals surface area contributed by atoms with Crippen LogP contribution in [0.5, 0.6) is 0 Å². The zero-order valence-corrected chi connectivity index (χ0v) is 7.57. The minimum Gasteiger partial charge on any atom is -0.413 e. The van der Waals surface area contributed by atoms with E-state index in [0.717, 1.165) is 0 Å². The number of nitrogens with one attached hydrogen (secondary N) is 1. The van der Waals surface area contributed by atoms with Gasteiger partial charge in [-0.05, 0) is 6.26 Å². The predicted molar refractivity (Wildman–Crippen MR) is 47.0 cm³/mol. The molecule has 0 fully saturated rings. The largest absolute Gasteiger partial charge is 0.413 e. The first-order valence-electron chi connectivity index (χ1n) is 3.21. The lowest BCUT2D eigenvalue weighted by Gasteiger charge is -1.93. The van der Waals surface area contributed by atoms with Crippen molar-refractivity contribution in [2.75, 3.05) is 17.3 Å². The van der Waals surface area contributed by atoms with Crippen molar-refractivity contribution < 1.29 is 9.21 Å². The zero-order valence-electron chi connectivity index (χ0n) is 6.75. The maximum absolute atomic E-state index is 10.6. The van der Waals surface area contributed by atoms with E-state index in [9.17, 15) is 4.79 Å². The minimum absolute atomic E-state index is 0.134. The van der Waals surface area contributed by atoms with E-state index >= 15 is 0 Å². The minimum atomic E-state index is -0.220. The number of amides is 1. The summed E-state index contributed by atoms with van der Waals surface area (Å²) in [5.74, 6) is 0.198. The Kier molecular flexibility index (Phi) is 2.59. The maximum Gasteiger partial charge on any atom is 0.259 e. The summed E-state index contributed by atoms with van der Waals surface area (Å²) in [7, 11) is 0. The topological polar surface area (TPSA) is 81.2 Å². The third-order valence-corrected chi connectivity index (χ3v) is 1.63. The molecule has 0 aromatic carbocycles. The van der Waals surface area contributed by atoms with Gasteiger partial charge in [-0.1, -0.05) is 11.8 Å². The van der Waals surface area contributed by atoms with Crippen LogP contribution in [0.25, 0.3) is 0 Å². The number of carbonyl (C=O) groups is 1. The number of anilines is 2. The predicted octanol–water partition coefficient (Wildman–Crippen LogP) is 0.937. The standard InChI is InChI=1S/C6H9N3O2S/c1-3(10)8-5-4(7)11-6(9-5)12-2/h7H2,1-2H3,(H,8,10). The summed E-state index contributed by atoms with van der Waals surface area (Å²) in [6.45, 7) is 1.38. The van der Waals surface area contributed by atoms with Crippen LogP contribution in [0.1, 0.15) is 6.92 Å². The van der Waals surface area contributed by atoms with Crippen LogP contribution in [0.3, 0.4) is 0 Å². The number of carbonyl (C=O) groups excluding carboxylic acids is 1. The number of nitrogen functional groups attached to an aromatic ring is 1. The average molecular weight is 187 g/mol. The molecule has 1 heterocycles. The van der Waals surface area contributed by atoms with Gasteiger partial charge in [0.15, 0.2) is 5.82 Å². The van der Waals surface area contributed by atoms with Crippen LogP contribution in [0.2, 0.25) is 0 Å². The van der Waals surface area contributed by atoms with Crippen molar-refractivity contribution in [3.63, 3.8) is 0 Å². The second-order valence-corrected chi connectivity index (χ2v) is 2.84. The summed E-state index contributed by atoms with van der Waals surface area (Å²) < 4.78 is 4.98. The molecule has 0 saturated carbocycles. The summed E-state index contributed by atoms with van der Waals surface area (Å²) >= 11 is 1.32. The van der Waals surface area contributed by atoms with Crippen LogP contribution in [0, 0.1) is 0 Å². The summed E-state index contributed by atoms with van der Waals surface area (Å²) in [5, 5.41) is 2.89. The molecule has 0 aliphatic carbocycles. The fourth-order valence-electron chi connectivity index (χ4n) is 0.655. The van der Waals surface area contributed by atoms with Gasteiger partial charge in [0.2, 0.25) is 11.8 Å². The molecule has 5 nitrogen and oxygen atoms in total. The first-order valence-corrected chi connectivity index (χ1v) is 4.44. The highest BCUT2D eigenvalue weighted by atomic mass is 32.2. The molecule has 3 N–H and O–H groups in total. The lowest BCUT2D eigenvalue weighted by molar-refractivity contribution is -0.114. The fraction of sp³-hybridized carbons (Fsp3) is 0.333. The molecule has 0 aliphatic heterocycles. The van der Waals surface area contributed by atoms with Gasteiger partial charge in [-0.3, -0.25) is 4.79 Å². The molecule has 0 radical (unpaired) electrons. The van der Waals surface area contributed by atoms with Crippen LogP contribution in [0.15, 0.2) is 9.64 Å². The van der Waals surface area contributed by atoms with Crippen molar-refractivity contribution in [3.05, 3.63) is 0 Å². The van der Waals surface area contributed by atoms with Crippen LogP contribution in [0.4, 0.5) is 11.7 Å². The van der Waals surface area contributed by atoms with Crippen LogP contribution >= 0.6 is 11.8 Å². The zero-order chi connectivity index (χ0) is 9.14. The van der Waals surface area contributed by atoms with E-state index in [0.29, 0.717) is 5.22 Å². The number of hydrogen-bond acceptors (Lipinski definition) is 5. The smallest absolute Gasteiger partial charge is 0.259 e. The quantitative estimate of drug-likeness (QED) is 0.673. The Morgan fingerprint density at radius 3 is 2.83 bits per heavy atom. The van der Waals surface area contributed by atoms with E-state index in [2.05, 4.69) is 10.3 Å². The van der Waals surface area contributed by atoms with Gasteiger partial charge in [0.1, 0.15) is 0 Å². The molecular weight excluding hydrogens is 178 g/mol. The van der Waals surface area contributed by atoms with Crippen molar-refractivity contribution in [1.29, 1.82) is 0 Å². The van der Waals surface area contributed by atoms with Crippen LogP contribution < -0.4 is 11.1 Å². The highest BCUT2D eigenvalue weighted by Gasteiger charge is 2.09. The molecule has 0 spiro atoms. The Labute approximate surface area is 73.7 Å². The molecule has 0 atom stereocenters. The van der Waals surface area contributed by atoms with E-state index in [-0.39, 0.29) is 17.6 Å². The number of hydrogen-bond donors (Lipinski definition) is 2. The summed E-state index contributed by atoms with van der Waals surface area (Å²) in [4.78, 5) is 14.5. The monoisotopic (exact) mass is 187 g/mol. The average Bonchev–Trinajstić information content (AvgIpc) is 2.31. The molecule has 1 rings (SSSR count). The number of rotatable bonds is 2. The molecule has 0 unspecified atom stereocenters. The van der Waals surface area contributed by atoms with Crippen molar-refractivity contribution in [1.82, 2.24) is 4.98 Å². The van der Waals surface area contributed by atoms with Crippen molar-refractivity contribution in [2.45, 2.75) is 12.1 Å². The Morgan fingerprint density at radius 2 is 2.42 bits per heavy atom. The normalized spacial score (nSPS) is 9.83. The number of oxazole rings is 1. The second-order valence-electron chi connectivity index (χ2n) is 2.08. The van der Waals surface area contributed by atoms with Gasteiger partial charge in [-0.15, -0.1) is 0 Å². The number of thioether (sulfide) groups is 1. The third kappa shape index (κ3) is 1.91. The van der Waals surface area contributed by atoms with Gasteiger partial charge < -0.3 is 15.5 Å². The second kappa shape index (κ2) is 3.48. The van der Waals surface area contributed by atoms with Gasteiger partial charge in [0.25, 0.3) is 5.22 Å². The molecule has 0 bridgehead atoms. The Bertz CT molecular complexity index is 297. The van der Waals surface area contributed by atoms with Gasteiger partial charge in [-0.2, -0.15) is 4.98 Å². The van der Waals surface area contributed by atoms with Crippen LogP contribution in [-0.2, 0) is 4.79 Å². The molecule has 6 heteroatoms. The molecule has 12 heavy (non-hydrogen) atoms. The molecule has 1 amide bonds. The maximum atomic E-state index is 10.6. The van der Waals surface area contributed by atoms with Gasteiger partial charge in [-0.25, -0.2) is 0 Å². The van der Waals surface area contributed by atoms with Gasteiger partial charge >= 0.3 is 0 Å². The van der Waals surface area contributed by atoms with Crippen molar-refractivity contribution in [2.24, 2.45) is 0 Å². The first kappa shape index (κ1) is 8.92. The molecule has 1 aromatic rings. The lowest BCUT2D eigenvalue weighted by atomic mass is 10.6. The molecule has 66 valence electrons. The summed E-state index contributed by atoms with van der Waals surface area (Å²) in [6.07, 6.45) is 1.81. The van der Waals surface area contributed by atoms with E-state index in [1.165, 1.54) is 18.7 Å². The van der Waals surface area contributed by atoms with Gasteiger partial charge in [0, 0.05) is 6.92 Å². The number of nitrogens with zero attached hydrogens (tertiary/aromatic N) is 1. The molecule has 0 aliphatic rings. The van der Waals surface area contributed by atoms with E-state index in [1.807, 2.05) is 6.26 Å². The Hall–Kier alpha value is -1.17. The Morgan fingerprint density at radius 1 is 1.75 bits per heavy atom. The Balaban J connectivity index is 2.84. The number of nitrogens with two attached hydrogens (primary N) is 1. The first-order chi connectivity index (χ1) is 5.63. The lowest BCUT2D eigenvalue weighted by Crippen LogP contribution is -2.07.